The molecule has 0 aromatic heterocycles. The molecule has 0 aliphatic heterocycles. The normalized spacial score (nSPS) is 15.1. The van der Waals surface area contributed by atoms with E-state index in [1.54, 1.807) is 13.0 Å². The Kier molecular flexibility index (Phi) is 3.93. The Bertz CT molecular complexity index is 299. The predicted octanol–water partition coefficient (Wildman–Crippen LogP) is 2.16. The molecule has 14 heavy (non-hydrogen) atoms. The molecule has 0 saturated heterocycles. The van der Waals surface area contributed by atoms with Gasteiger partial charge in [0.1, 0.15) is 0 Å². The fourth-order valence-corrected chi connectivity index (χ4v) is 1.74. The summed E-state index contributed by atoms with van der Waals surface area (Å²) in [5.41, 5.74) is -0.0710. The first-order valence-electron chi connectivity index (χ1n) is 4.70. The van der Waals surface area contributed by atoms with E-state index >= 15 is 0 Å². The van der Waals surface area contributed by atoms with Crippen molar-refractivity contribution < 1.29 is 5.11 Å². The van der Waals surface area contributed by atoms with Gasteiger partial charge < -0.3 is 10.4 Å². The molecule has 3 heteroatoms. The molecule has 2 nitrogen and oxygen atoms in total. The highest BCUT2D eigenvalue weighted by Gasteiger charge is 2.24. The zero-order valence-electron chi connectivity index (χ0n) is 8.55. The van der Waals surface area contributed by atoms with Crippen LogP contribution in [0.5, 0.6) is 0 Å². The Hall–Kier alpha value is -0.570. The molecule has 1 unspecified atom stereocenters. The maximum Gasteiger partial charge on any atom is 0.0895 e. The third-order valence-corrected chi connectivity index (χ3v) is 2.65. The van der Waals surface area contributed by atoms with Crippen LogP contribution in [-0.4, -0.2) is 18.7 Å². The predicted molar refractivity (Wildman–Crippen MR) is 59.6 cm³/mol. The molecule has 0 aliphatic carbocycles. The number of hydrogen-bond acceptors (Lipinski definition) is 2. The lowest BCUT2D eigenvalue weighted by Crippen LogP contribution is -2.26. The minimum Gasteiger partial charge on any atom is -0.385 e. The van der Waals surface area contributed by atoms with Gasteiger partial charge in [-0.2, -0.15) is 0 Å². The number of nitrogens with one attached hydrogen (secondary N) is 1. The first kappa shape index (κ1) is 11.5. The van der Waals surface area contributed by atoms with Gasteiger partial charge in [-0.3, -0.25) is 0 Å². The van der Waals surface area contributed by atoms with E-state index in [2.05, 4.69) is 5.32 Å². The molecule has 0 aliphatic rings. The summed E-state index contributed by atoms with van der Waals surface area (Å²) in [4.78, 5) is 0. The van der Waals surface area contributed by atoms with Crippen LogP contribution in [0.15, 0.2) is 24.3 Å². The van der Waals surface area contributed by atoms with E-state index in [-0.39, 0.29) is 0 Å². The number of hydrogen-bond donors (Lipinski definition) is 2. The van der Waals surface area contributed by atoms with Crippen molar-refractivity contribution in [3.8, 4) is 0 Å². The summed E-state index contributed by atoms with van der Waals surface area (Å²) >= 11 is 6.01. The lowest BCUT2D eigenvalue weighted by atomic mass is 9.92. The van der Waals surface area contributed by atoms with Crippen molar-refractivity contribution in [3.63, 3.8) is 0 Å². The highest BCUT2D eigenvalue weighted by molar-refractivity contribution is 6.31. The molecule has 0 amide bonds. The zero-order valence-corrected chi connectivity index (χ0v) is 9.30. The van der Waals surface area contributed by atoms with Gasteiger partial charge in [-0.05, 0) is 33.0 Å². The van der Waals surface area contributed by atoms with Gasteiger partial charge in [0.25, 0.3) is 0 Å². The fraction of sp³-hybridized carbons (Fsp3) is 0.455. The maximum absolute atomic E-state index is 10.2. The van der Waals surface area contributed by atoms with Crippen molar-refractivity contribution in [2.75, 3.05) is 13.6 Å². The first-order valence-corrected chi connectivity index (χ1v) is 5.08. The first-order chi connectivity index (χ1) is 6.58. The van der Waals surface area contributed by atoms with E-state index in [4.69, 9.17) is 11.6 Å². The van der Waals surface area contributed by atoms with E-state index < -0.39 is 5.60 Å². The molecule has 0 fully saturated rings. The summed E-state index contributed by atoms with van der Waals surface area (Å²) in [6, 6.07) is 7.40. The second kappa shape index (κ2) is 4.78. The maximum atomic E-state index is 10.2. The number of benzene rings is 1. The fourth-order valence-electron chi connectivity index (χ4n) is 1.40. The SMILES string of the molecule is CNCCC(C)(O)c1ccccc1Cl. The summed E-state index contributed by atoms with van der Waals surface area (Å²) in [5.74, 6) is 0. The molecule has 1 aromatic carbocycles. The van der Waals surface area contributed by atoms with Crippen molar-refractivity contribution in [2.45, 2.75) is 18.9 Å². The standard InChI is InChI=1S/C11H16ClNO/c1-11(14,7-8-13-2)9-5-3-4-6-10(9)12/h3-6,13-14H,7-8H2,1-2H3. The van der Waals surface area contributed by atoms with Gasteiger partial charge in [0.15, 0.2) is 0 Å². The van der Waals surface area contributed by atoms with E-state index in [9.17, 15) is 5.11 Å². The van der Waals surface area contributed by atoms with Crippen LogP contribution in [0.25, 0.3) is 0 Å². The summed E-state index contributed by atoms with van der Waals surface area (Å²) in [6.07, 6.45) is 0.646. The Labute approximate surface area is 89.9 Å². The van der Waals surface area contributed by atoms with Gasteiger partial charge in [0.2, 0.25) is 0 Å². The summed E-state index contributed by atoms with van der Waals surface area (Å²) in [6.45, 7) is 2.55. The van der Waals surface area contributed by atoms with Crippen LogP contribution < -0.4 is 5.32 Å². The minimum absolute atomic E-state index is 0.619. The molecule has 1 rings (SSSR count). The lowest BCUT2D eigenvalue weighted by Gasteiger charge is -2.24. The van der Waals surface area contributed by atoms with E-state index in [1.165, 1.54) is 0 Å². The van der Waals surface area contributed by atoms with Gasteiger partial charge in [0, 0.05) is 10.6 Å². The Balaban J connectivity index is 2.86. The van der Waals surface area contributed by atoms with Gasteiger partial charge in [-0.15, -0.1) is 0 Å². The lowest BCUT2D eigenvalue weighted by molar-refractivity contribution is 0.0486. The molecule has 0 radical (unpaired) electrons. The molecule has 1 atom stereocenters. The molecule has 1 aromatic rings. The van der Waals surface area contributed by atoms with Crippen molar-refractivity contribution in [2.24, 2.45) is 0 Å². The second-order valence-corrected chi connectivity index (χ2v) is 4.01. The average molecular weight is 214 g/mol. The monoisotopic (exact) mass is 213 g/mol. The van der Waals surface area contributed by atoms with Crippen molar-refractivity contribution in [3.05, 3.63) is 34.9 Å². The quantitative estimate of drug-likeness (QED) is 0.804. The summed E-state index contributed by atoms with van der Waals surface area (Å²) in [7, 11) is 1.86. The van der Waals surface area contributed by atoms with Gasteiger partial charge in [-0.25, -0.2) is 0 Å². The largest absolute Gasteiger partial charge is 0.385 e. The minimum atomic E-state index is -0.860. The van der Waals surface area contributed by atoms with Crippen LogP contribution in [-0.2, 0) is 5.60 Å². The highest BCUT2D eigenvalue weighted by Crippen LogP contribution is 2.29. The van der Waals surface area contributed by atoms with E-state index in [0.717, 1.165) is 12.1 Å². The number of halogens is 1. The number of rotatable bonds is 4. The molecular formula is C11H16ClNO. The molecule has 2 N–H and O–H groups in total. The smallest absolute Gasteiger partial charge is 0.0895 e. The molecule has 0 saturated carbocycles. The molecule has 0 heterocycles. The molecular weight excluding hydrogens is 198 g/mol. The van der Waals surface area contributed by atoms with Crippen molar-refractivity contribution in [1.82, 2.24) is 5.32 Å². The Morgan fingerprint density at radius 3 is 2.64 bits per heavy atom. The van der Waals surface area contributed by atoms with Crippen molar-refractivity contribution >= 4 is 11.6 Å². The van der Waals surface area contributed by atoms with Gasteiger partial charge >= 0.3 is 0 Å². The van der Waals surface area contributed by atoms with E-state index in [0.29, 0.717) is 11.4 Å². The summed E-state index contributed by atoms with van der Waals surface area (Å²) in [5, 5.41) is 13.8. The van der Waals surface area contributed by atoms with E-state index in [1.807, 2.05) is 25.2 Å². The highest BCUT2D eigenvalue weighted by atomic mass is 35.5. The van der Waals surface area contributed by atoms with Gasteiger partial charge in [-0.1, -0.05) is 29.8 Å². The Morgan fingerprint density at radius 2 is 2.07 bits per heavy atom. The average Bonchev–Trinajstić information content (AvgIpc) is 2.15. The van der Waals surface area contributed by atoms with Gasteiger partial charge in [0.05, 0.1) is 5.60 Å². The van der Waals surface area contributed by atoms with Crippen LogP contribution in [0.3, 0.4) is 0 Å². The molecule has 0 bridgehead atoms. The Morgan fingerprint density at radius 1 is 1.43 bits per heavy atom. The third kappa shape index (κ3) is 2.71. The second-order valence-electron chi connectivity index (χ2n) is 3.61. The third-order valence-electron chi connectivity index (χ3n) is 2.32. The van der Waals surface area contributed by atoms with Crippen LogP contribution in [0.1, 0.15) is 18.9 Å². The van der Waals surface area contributed by atoms with Crippen LogP contribution in [0.4, 0.5) is 0 Å². The van der Waals surface area contributed by atoms with Crippen LogP contribution in [0, 0.1) is 0 Å². The summed E-state index contributed by atoms with van der Waals surface area (Å²) < 4.78 is 0. The topological polar surface area (TPSA) is 32.3 Å². The number of aliphatic hydroxyl groups is 1. The molecule has 0 spiro atoms. The molecule has 78 valence electrons. The van der Waals surface area contributed by atoms with Crippen LogP contribution >= 0.6 is 11.6 Å². The zero-order chi connectivity index (χ0) is 10.6. The van der Waals surface area contributed by atoms with Crippen molar-refractivity contribution in [1.29, 1.82) is 0 Å². The van der Waals surface area contributed by atoms with Crippen LogP contribution in [0.2, 0.25) is 5.02 Å².